The topological polar surface area (TPSA) is 55.4 Å². The largest absolute Gasteiger partial charge is 0.381 e. The van der Waals surface area contributed by atoms with Crippen LogP contribution in [0.4, 0.5) is 0 Å². The summed E-state index contributed by atoms with van der Waals surface area (Å²) in [4.78, 5) is 24.1. The number of hydrogen-bond donors (Lipinski definition) is 1. The molecule has 0 bridgehead atoms. The number of benzene rings is 1. The molecule has 1 aromatic rings. The fraction of sp³-hybridized carbons (Fsp3) is 0.467. The summed E-state index contributed by atoms with van der Waals surface area (Å²) >= 11 is 3.42. The quantitative estimate of drug-likeness (QED) is 0.861. The molecule has 2 rings (SSSR count). The summed E-state index contributed by atoms with van der Waals surface area (Å²) in [5.41, 5.74) is 0.324. The van der Waals surface area contributed by atoms with Crippen molar-refractivity contribution in [1.82, 2.24) is 5.32 Å². The monoisotopic (exact) mass is 339 g/mol. The standard InChI is InChI=1S/C15H18BrNO3/c1-9(20-3)15(2)8-12(18)17-14(19)13(15)10-5-4-6-11(16)7-10/h4-7,9,13H,8H2,1-3H3,(H,17,18,19). The molecule has 0 aliphatic carbocycles. The normalized spacial score (nSPS) is 28.1. The molecule has 1 aliphatic rings. The number of methoxy groups -OCH3 is 1. The van der Waals surface area contributed by atoms with Gasteiger partial charge in [-0.3, -0.25) is 14.9 Å². The fourth-order valence-electron chi connectivity index (χ4n) is 2.87. The van der Waals surface area contributed by atoms with Gasteiger partial charge in [-0.15, -0.1) is 0 Å². The molecule has 1 heterocycles. The lowest BCUT2D eigenvalue weighted by Crippen LogP contribution is -2.53. The van der Waals surface area contributed by atoms with Crippen molar-refractivity contribution in [3.05, 3.63) is 34.3 Å². The molecule has 1 saturated heterocycles. The Balaban J connectivity index is 2.50. The van der Waals surface area contributed by atoms with Crippen LogP contribution in [0.1, 0.15) is 31.7 Å². The molecule has 1 aliphatic heterocycles. The lowest BCUT2D eigenvalue weighted by Gasteiger charge is -2.43. The molecule has 1 aromatic carbocycles. The van der Waals surface area contributed by atoms with E-state index >= 15 is 0 Å². The number of imide groups is 1. The average Bonchev–Trinajstić information content (AvgIpc) is 2.36. The van der Waals surface area contributed by atoms with Gasteiger partial charge in [-0.25, -0.2) is 0 Å². The maximum absolute atomic E-state index is 12.3. The molecule has 0 aromatic heterocycles. The number of carbonyl (C=O) groups is 2. The lowest BCUT2D eigenvalue weighted by molar-refractivity contribution is -0.144. The second-order valence-electron chi connectivity index (χ2n) is 5.46. The van der Waals surface area contributed by atoms with Crippen molar-refractivity contribution in [3.8, 4) is 0 Å². The number of nitrogens with one attached hydrogen (secondary N) is 1. The van der Waals surface area contributed by atoms with E-state index < -0.39 is 11.3 Å². The van der Waals surface area contributed by atoms with E-state index in [1.807, 2.05) is 38.1 Å². The van der Waals surface area contributed by atoms with Gasteiger partial charge in [0.2, 0.25) is 11.8 Å². The first-order valence-corrected chi connectivity index (χ1v) is 7.29. The zero-order valence-corrected chi connectivity index (χ0v) is 13.4. The Morgan fingerprint density at radius 2 is 2.15 bits per heavy atom. The third-order valence-electron chi connectivity index (χ3n) is 4.19. The Bertz CT molecular complexity index is 546. The minimum atomic E-state index is -0.561. The average molecular weight is 340 g/mol. The smallest absolute Gasteiger partial charge is 0.234 e. The first-order chi connectivity index (χ1) is 9.38. The number of amides is 2. The fourth-order valence-corrected chi connectivity index (χ4v) is 3.28. The van der Waals surface area contributed by atoms with Crippen molar-refractivity contribution in [2.75, 3.05) is 7.11 Å². The van der Waals surface area contributed by atoms with Crippen molar-refractivity contribution in [3.63, 3.8) is 0 Å². The highest BCUT2D eigenvalue weighted by molar-refractivity contribution is 9.10. The predicted octanol–water partition coefficient (Wildman–Crippen LogP) is 2.62. The van der Waals surface area contributed by atoms with E-state index in [0.717, 1.165) is 10.0 Å². The van der Waals surface area contributed by atoms with E-state index in [1.165, 1.54) is 0 Å². The van der Waals surface area contributed by atoms with Gasteiger partial charge in [-0.2, -0.15) is 0 Å². The molecule has 20 heavy (non-hydrogen) atoms. The van der Waals surface area contributed by atoms with Crippen molar-refractivity contribution in [2.45, 2.75) is 32.3 Å². The Hall–Kier alpha value is -1.20. The summed E-state index contributed by atoms with van der Waals surface area (Å²) in [6.45, 7) is 3.83. The molecule has 0 saturated carbocycles. The van der Waals surface area contributed by atoms with Crippen LogP contribution in [0.5, 0.6) is 0 Å². The first-order valence-electron chi connectivity index (χ1n) is 6.50. The van der Waals surface area contributed by atoms with Crippen molar-refractivity contribution in [2.24, 2.45) is 5.41 Å². The van der Waals surface area contributed by atoms with Gasteiger partial charge in [0.15, 0.2) is 0 Å². The SMILES string of the molecule is COC(C)C1(C)CC(=O)NC(=O)C1c1cccc(Br)c1. The molecule has 1 N–H and O–H groups in total. The third-order valence-corrected chi connectivity index (χ3v) is 4.68. The zero-order valence-electron chi connectivity index (χ0n) is 11.8. The number of ether oxygens (including phenoxy) is 1. The van der Waals surface area contributed by atoms with E-state index in [2.05, 4.69) is 21.2 Å². The summed E-state index contributed by atoms with van der Waals surface area (Å²) in [6.07, 6.45) is 0.0618. The van der Waals surface area contributed by atoms with Crippen LogP contribution in [0.3, 0.4) is 0 Å². The van der Waals surface area contributed by atoms with Gasteiger partial charge in [0.1, 0.15) is 0 Å². The van der Waals surface area contributed by atoms with Crippen LogP contribution in [-0.4, -0.2) is 25.0 Å². The Kier molecular flexibility index (Phi) is 4.30. The molecular formula is C15H18BrNO3. The van der Waals surface area contributed by atoms with Gasteiger partial charge in [0, 0.05) is 23.4 Å². The highest BCUT2D eigenvalue weighted by Crippen LogP contribution is 2.45. The van der Waals surface area contributed by atoms with Crippen LogP contribution in [0.15, 0.2) is 28.7 Å². The second-order valence-corrected chi connectivity index (χ2v) is 6.38. The van der Waals surface area contributed by atoms with Gasteiger partial charge in [-0.05, 0) is 24.6 Å². The van der Waals surface area contributed by atoms with E-state index in [-0.39, 0.29) is 24.3 Å². The van der Waals surface area contributed by atoms with Gasteiger partial charge in [0.05, 0.1) is 12.0 Å². The van der Waals surface area contributed by atoms with Gasteiger partial charge in [-0.1, -0.05) is 35.0 Å². The van der Waals surface area contributed by atoms with Gasteiger partial charge in [0.25, 0.3) is 0 Å². The number of hydrogen-bond acceptors (Lipinski definition) is 3. The van der Waals surface area contributed by atoms with Gasteiger partial charge < -0.3 is 4.74 Å². The Morgan fingerprint density at radius 1 is 1.45 bits per heavy atom. The van der Waals surface area contributed by atoms with E-state index in [0.29, 0.717) is 0 Å². The van der Waals surface area contributed by atoms with Crippen LogP contribution in [0.25, 0.3) is 0 Å². The van der Waals surface area contributed by atoms with Crippen LogP contribution in [0.2, 0.25) is 0 Å². The number of halogens is 1. The predicted molar refractivity (Wildman–Crippen MR) is 79.2 cm³/mol. The van der Waals surface area contributed by atoms with E-state index in [1.54, 1.807) is 7.11 Å². The highest BCUT2D eigenvalue weighted by Gasteiger charge is 2.49. The molecule has 0 radical (unpaired) electrons. The summed E-state index contributed by atoms with van der Waals surface area (Å²) < 4.78 is 6.34. The first kappa shape index (κ1) is 15.2. The minimum absolute atomic E-state index is 0.207. The molecule has 4 nitrogen and oxygen atoms in total. The van der Waals surface area contributed by atoms with Crippen LogP contribution in [0, 0.1) is 5.41 Å². The van der Waals surface area contributed by atoms with Crippen molar-refractivity contribution < 1.29 is 14.3 Å². The summed E-state index contributed by atoms with van der Waals surface area (Å²) in [6, 6.07) is 7.62. The van der Waals surface area contributed by atoms with Gasteiger partial charge >= 0.3 is 0 Å². The molecule has 108 valence electrons. The molecule has 5 heteroatoms. The second kappa shape index (κ2) is 5.66. The van der Waals surface area contributed by atoms with E-state index in [9.17, 15) is 9.59 Å². The molecule has 2 amide bonds. The zero-order chi connectivity index (χ0) is 14.9. The number of rotatable bonds is 3. The van der Waals surface area contributed by atoms with Crippen molar-refractivity contribution >= 4 is 27.7 Å². The third kappa shape index (κ3) is 2.65. The molecule has 3 unspecified atom stereocenters. The number of piperidine rings is 1. The minimum Gasteiger partial charge on any atom is -0.381 e. The van der Waals surface area contributed by atoms with E-state index in [4.69, 9.17) is 4.74 Å². The van der Waals surface area contributed by atoms with Crippen LogP contribution >= 0.6 is 15.9 Å². The molecule has 0 spiro atoms. The number of carbonyl (C=O) groups excluding carboxylic acids is 2. The summed E-state index contributed by atoms with van der Waals surface area (Å²) in [7, 11) is 1.60. The van der Waals surface area contributed by atoms with Crippen LogP contribution < -0.4 is 5.32 Å². The Labute approximate surface area is 127 Å². The lowest BCUT2D eigenvalue weighted by atomic mass is 9.65. The molecular weight excluding hydrogens is 322 g/mol. The maximum atomic E-state index is 12.3. The summed E-state index contributed by atoms with van der Waals surface area (Å²) in [5, 5.41) is 2.43. The summed E-state index contributed by atoms with van der Waals surface area (Å²) in [5.74, 6) is -0.911. The molecule has 3 atom stereocenters. The maximum Gasteiger partial charge on any atom is 0.234 e. The van der Waals surface area contributed by atoms with Crippen LogP contribution in [-0.2, 0) is 14.3 Å². The van der Waals surface area contributed by atoms with Crippen molar-refractivity contribution in [1.29, 1.82) is 0 Å². The highest BCUT2D eigenvalue weighted by atomic mass is 79.9. The Morgan fingerprint density at radius 3 is 2.75 bits per heavy atom. The molecule has 1 fully saturated rings.